The Morgan fingerprint density at radius 1 is 1.08 bits per heavy atom. The number of hydrogen-bond donors (Lipinski definition) is 0. The third-order valence-electron chi connectivity index (χ3n) is 2.54. The highest BCUT2D eigenvalue weighted by molar-refractivity contribution is 6.06. The van der Waals surface area contributed by atoms with Crippen LogP contribution < -0.4 is 0 Å². The number of fused-ring (bicyclic) bond motifs is 4. The van der Waals surface area contributed by atoms with Crippen molar-refractivity contribution in [3.05, 3.63) is 47.2 Å². The van der Waals surface area contributed by atoms with Crippen LogP contribution >= 0.6 is 0 Å². The molecule has 0 fully saturated rings. The molecular formula is C11H9N. The fourth-order valence-electron chi connectivity index (χ4n) is 1.95. The Morgan fingerprint density at radius 3 is 3.00 bits per heavy atom. The van der Waals surface area contributed by atoms with Gasteiger partial charge in [0.1, 0.15) is 0 Å². The van der Waals surface area contributed by atoms with Crippen molar-refractivity contribution in [3.63, 3.8) is 0 Å². The highest BCUT2D eigenvalue weighted by atomic mass is 14.7. The van der Waals surface area contributed by atoms with Crippen LogP contribution in [0.2, 0.25) is 0 Å². The van der Waals surface area contributed by atoms with Gasteiger partial charge in [0.2, 0.25) is 0 Å². The zero-order valence-electron chi connectivity index (χ0n) is 6.75. The van der Waals surface area contributed by atoms with Crippen LogP contribution in [0.1, 0.15) is 17.5 Å². The van der Waals surface area contributed by atoms with Crippen molar-refractivity contribution in [1.29, 1.82) is 0 Å². The second-order valence-electron chi connectivity index (χ2n) is 3.37. The smallest absolute Gasteiger partial charge is 0.0519 e. The van der Waals surface area contributed by atoms with Crippen LogP contribution in [0.25, 0.3) is 0 Å². The molecule has 0 unspecified atom stereocenters. The van der Waals surface area contributed by atoms with E-state index in [1.165, 1.54) is 22.4 Å². The summed E-state index contributed by atoms with van der Waals surface area (Å²) < 4.78 is 0. The molecular weight excluding hydrogens is 146 g/mol. The minimum atomic E-state index is 1.08. The Morgan fingerprint density at radius 2 is 2.00 bits per heavy atom. The van der Waals surface area contributed by atoms with Crippen LogP contribution in [0.4, 0.5) is 0 Å². The van der Waals surface area contributed by atoms with E-state index >= 15 is 0 Å². The predicted octanol–water partition coefficient (Wildman–Crippen LogP) is 2.32. The maximum absolute atomic E-state index is 4.39. The summed E-state index contributed by atoms with van der Waals surface area (Å²) in [5.74, 6) is 0. The molecule has 0 aromatic heterocycles. The van der Waals surface area contributed by atoms with E-state index in [2.05, 4.69) is 29.3 Å². The lowest BCUT2D eigenvalue weighted by molar-refractivity contribution is 1.07. The Kier molecular flexibility index (Phi) is 1.06. The van der Waals surface area contributed by atoms with Crippen molar-refractivity contribution in [3.8, 4) is 0 Å². The molecule has 1 aliphatic heterocycles. The zero-order chi connectivity index (χ0) is 7.97. The SMILES string of the molecule is C1=C2CC(=N1)c1ccccc1C2. The van der Waals surface area contributed by atoms with Gasteiger partial charge in [0, 0.05) is 12.6 Å². The minimum absolute atomic E-state index is 1.08. The number of rotatable bonds is 0. The molecule has 3 rings (SSSR count). The number of allylic oxidation sites excluding steroid dienone is 1. The van der Waals surface area contributed by atoms with Crippen LogP contribution in [0.15, 0.2) is 41.0 Å². The molecule has 0 saturated heterocycles. The van der Waals surface area contributed by atoms with Crippen LogP contribution in [-0.2, 0) is 6.42 Å². The summed E-state index contributed by atoms with van der Waals surface area (Å²) in [6.45, 7) is 0. The lowest BCUT2D eigenvalue weighted by Gasteiger charge is -2.14. The molecule has 1 aliphatic carbocycles. The first-order valence-corrected chi connectivity index (χ1v) is 4.26. The van der Waals surface area contributed by atoms with E-state index in [-0.39, 0.29) is 0 Å². The number of nitrogens with zero attached hydrogens (tertiary/aromatic N) is 1. The molecule has 1 heteroatoms. The maximum atomic E-state index is 4.39. The monoisotopic (exact) mass is 155 g/mol. The molecule has 0 amide bonds. The Balaban J connectivity index is 2.27. The molecule has 0 radical (unpaired) electrons. The minimum Gasteiger partial charge on any atom is -0.260 e. The molecule has 1 nitrogen and oxygen atoms in total. The number of benzene rings is 1. The van der Waals surface area contributed by atoms with Gasteiger partial charge < -0.3 is 0 Å². The summed E-state index contributed by atoms with van der Waals surface area (Å²) >= 11 is 0. The zero-order valence-corrected chi connectivity index (χ0v) is 6.75. The molecule has 1 aromatic rings. The first-order valence-electron chi connectivity index (χ1n) is 4.26. The molecule has 2 aliphatic rings. The first kappa shape index (κ1) is 6.18. The quantitative estimate of drug-likeness (QED) is 0.545. The van der Waals surface area contributed by atoms with Crippen molar-refractivity contribution in [2.45, 2.75) is 12.8 Å². The summed E-state index contributed by atoms with van der Waals surface area (Å²) in [6, 6.07) is 8.56. The van der Waals surface area contributed by atoms with E-state index in [9.17, 15) is 0 Å². The van der Waals surface area contributed by atoms with Crippen LogP contribution in [0.3, 0.4) is 0 Å². The fourth-order valence-corrected chi connectivity index (χ4v) is 1.95. The molecule has 1 heterocycles. The molecule has 2 bridgehead atoms. The van der Waals surface area contributed by atoms with Crippen molar-refractivity contribution >= 4 is 5.71 Å². The maximum Gasteiger partial charge on any atom is 0.0519 e. The second kappa shape index (κ2) is 2.07. The van der Waals surface area contributed by atoms with Gasteiger partial charge in [0.15, 0.2) is 0 Å². The van der Waals surface area contributed by atoms with Gasteiger partial charge in [-0.25, -0.2) is 0 Å². The van der Waals surface area contributed by atoms with E-state index in [0.29, 0.717) is 0 Å². The highest BCUT2D eigenvalue weighted by Gasteiger charge is 2.20. The van der Waals surface area contributed by atoms with Gasteiger partial charge in [-0.3, -0.25) is 4.99 Å². The average Bonchev–Trinajstić information content (AvgIpc) is 2.49. The standard InChI is InChI=1S/C11H9N/c1-2-4-10-9(3-1)5-8-6-11(10)12-7-8/h1-4,7H,5-6H2. The lowest BCUT2D eigenvalue weighted by atomic mass is 9.89. The van der Waals surface area contributed by atoms with Crippen LogP contribution in [0.5, 0.6) is 0 Å². The van der Waals surface area contributed by atoms with E-state index in [1.807, 2.05) is 6.20 Å². The van der Waals surface area contributed by atoms with Gasteiger partial charge in [-0.05, 0) is 23.1 Å². The normalized spacial score (nSPS) is 18.3. The number of hydrogen-bond acceptors (Lipinski definition) is 1. The predicted molar refractivity (Wildman–Crippen MR) is 49.4 cm³/mol. The van der Waals surface area contributed by atoms with Gasteiger partial charge in [0.25, 0.3) is 0 Å². The Hall–Kier alpha value is -1.37. The van der Waals surface area contributed by atoms with Crippen molar-refractivity contribution in [1.82, 2.24) is 0 Å². The van der Waals surface area contributed by atoms with Gasteiger partial charge >= 0.3 is 0 Å². The summed E-state index contributed by atoms with van der Waals surface area (Å²) in [5, 5.41) is 0. The number of aliphatic imine (C=N–C) groups is 1. The Labute approximate surface area is 71.5 Å². The average molecular weight is 155 g/mol. The fraction of sp³-hybridized carbons (Fsp3) is 0.182. The van der Waals surface area contributed by atoms with Gasteiger partial charge in [-0.2, -0.15) is 0 Å². The summed E-state index contributed by atoms with van der Waals surface area (Å²) in [4.78, 5) is 4.39. The van der Waals surface area contributed by atoms with Gasteiger partial charge in [0.05, 0.1) is 5.71 Å². The van der Waals surface area contributed by atoms with Crippen LogP contribution in [0, 0.1) is 0 Å². The van der Waals surface area contributed by atoms with E-state index in [1.54, 1.807) is 0 Å². The van der Waals surface area contributed by atoms with E-state index < -0.39 is 0 Å². The second-order valence-corrected chi connectivity index (χ2v) is 3.37. The van der Waals surface area contributed by atoms with Crippen molar-refractivity contribution < 1.29 is 0 Å². The first-order chi connectivity index (χ1) is 5.93. The summed E-state index contributed by atoms with van der Waals surface area (Å²) in [7, 11) is 0. The van der Waals surface area contributed by atoms with E-state index in [0.717, 1.165) is 12.8 Å². The molecule has 1 aromatic carbocycles. The van der Waals surface area contributed by atoms with Gasteiger partial charge in [-0.1, -0.05) is 24.3 Å². The van der Waals surface area contributed by atoms with Crippen molar-refractivity contribution in [2.24, 2.45) is 4.99 Å². The summed E-state index contributed by atoms with van der Waals surface area (Å²) in [5.41, 5.74) is 5.51. The van der Waals surface area contributed by atoms with Crippen molar-refractivity contribution in [2.75, 3.05) is 0 Å². The molecule has 0 saturated carbocycles. The topological polar surface area (TPSA) is 12.4 Å². The molecule has 12 heavy (non-hydrogen) atoms. The largest absolute Gasteiger partial charge is 0.260 e. The summed E-state index contributed by atoms with van der Waals surface area (Å²) in [6.07, 6.45) is 4.20. The molecule has 0 atom stereocenters. The molecule has 0 N–H and O–H groups in total. The third-order valence-corrected chi connectivity index (χ3v) is 2.54. The van der Waals surface area contributed by atoms with Gasteiger partial charge in [-0.15, -0.1) is 0 Å². The lowest BCUT2D eigenvalue weighted by Crippen LogP contribution is -2.09. The highest BCUT2D eigenvalue weighted by Crippen LogP contribution is 2.29. The third kappa shape index (κ3) is 0.708. The van der Waals surface area contributed by atoms with E-state index in [4.69, 9.17) is 0 Å². The molecule has 58 valence electrons. The van der Waals surface area contributed by atoms with Crippen LogP contribution in [-0.4, -0.2) is 5.71 Å². The Bertz CT molecular complexity index is 399. The molecule has 0 spiro atoms.